The number of hydrogen-bond donors (Lipinski definition) is 0. The number of rotatable bonds is 8. The minimum Gasteiger partial charge on any atom is -0.457 e. The highest BCUT2D eigenvalue weighted by molar-refractivity contribution is 7.99. The monoisotopic (exact) mass is 397 g/mol. The van der Waals surface area contributed by atoms with Gasteiger partial charge in [-0.1, -0.05) is 17.7 Å². The molecule has 0 atom stereocenters. The van der Waals surface area contributed by atoms with Gasteiger partial charge < -0.3 is 9.64 Å². The van der Waals surface area contributed by atoms with Crippen LogP contribution in [0, 0.1) is 6.92 Å². The van der Waals surface area contributed by atoms with Crippen molar-refractivity contribution in [3.63, 3.8) is 0 Å². The minimum atomic E-state index is -0.382. The topological polar surface area (TPSA) is 63.7 Å². The molecule has 1 heterocycles. The molecule has 0 aliphatic carbocycles. The predicted octanol–water partition coefficient (Wildman–Crippen LogP) is 4.03. The number of ether oxygens (including phenoxy) is 1. The van der Waals surface area contributed by atoms with E-state index < -0.39 is 0 Å². The molecule has 6 heteroatoms. The Kier molecular flexibility index (Phi) is 6.87. The molecule has 0 spiro atoms. The van der Waals surface area contributed by atoms with Crippen molar-refractivity contribution in [1.82, 2.24) is 0 Å². The molecule has 1 amide bonds. The SMILES string of the molecule is Cc1ccc(SCCC(=O)OCC(=O)c2ccc(N3CCCC3=O)cc2)cc1. The van der Waals surface area contributed by atoms with Gasteiger partial charge in [0.25, 0.3) is 0 Å². The van der Waals surface area contributed by atoms with E-state index in [1.165, 1.54) is 5.56 Å². The van der Waals surface area contributed by atoms with Gasteiger partial charge in [0.05, 0.1) is 6.42 Å². The van der Waals surface area contributed by atoms with Crippen LogP contribution >= 0.6 is 11.8 Å². The van der Waals surface area contributed by atoms with E-state index in [2.05, 4.69) is 0 Å². The van der Waals surface area contributed by atoms with Crippen LogP contribution in [-0.2, 0) is 14.3 Å². The predicted molar refractivity (Wildman–Crippen MR) is 110 cm³/mol. The average Bonchev–Trinajstić information content (AvgIpc) is 3.13. The van der Waals surface area contributed by atoms with Crippen molar-refractivity contribution in [3.8, 4) is 0 Å². The normalized spacial score (nSPS) is 13.6. The molecule has 2 aromatic rings. The third-order valence-corrected chi connectivity index (χ3v) is 5.55. The van der Waals surface area contributed by atoms with E-state index in [0.29, 0.717) is 24.3 Å². The number of carbonyl (C=O) groups is 3. The number of ketones is 1. The summed E-state index contributed by atoms with van der Waals surface area (Å²) in [5.74, 6) is 0.0804. The molecule has 5 nitrogen and oxygen atoms in total. The molecule has 0 radical (unpaired) electrons. The van der Waals surface area contributed by atoms with Gasteiger partial charge in [0.1, 0.15) is 0 Å². The zero-order valence-electron chi connectivity index (χ0n) is 15.8. The number of thioether (sulfide) groups is 1. The second-order valence-corrected chi connectivity index (χ2v) is 7.86. The van der Waals surface area contributed by atoms with Crippen LogP contribution in [0.1, 0.15) is 35.2 Å². The zero-order chi connectivity index (χ0) is 19.9. The van der Waals surface area contributed by atoms with Crippen LogP contribution in [-0.4, -0.2) is 36.6 Å². The fraction of sp³-hybridized carbons (Fsp3) is 0.318. The Morgan fingerprint density at radius 1 is 1.07 bits per heavy atom. The number of aryl methyl sites for hydroxylation is 1. The highest BCUT2D eigenvalue weighted by Crippen LogP contribution is 2.22. The number of benzene rings is 2. The second-order valence-electron chi connectivity index (χ2n) is 6.69. The van der Waals surface area contributed by atoms with Crippen LogP contribution in [0.2, 0.25) is 0 Å². The Morgan fingerprint density at radius 3 is 2.43 bits per heavy atom. The highest BCUT2D eigenvalue weighted by atomic mass is 32.2. The van der Waals surface area contributed by atoms with E-state index in [0.717, 1.165) is 17.0 Å². The van der Waals surface area contributed by atoms with Crippen LogP contribution in [0.3, 0.4) is 0 Å². The van der Waals surface area contributed by atoms with Crippen molar-refractivity contribution in [2.24, 2.45) is 0 Å². The summed E-state index contributed by atoms with van der Waals surface area (Å²) in [5.41, 5.74) is 2.46. The molecular formula is C22H23NO4S. The van der Waals surface area contributed by atoms with E-state index in [-0.39, 0.29) is 30.7 Å². The van der Waals surface area contributed by atoms with Gasteiger partial charge in [-0.25, -0.2) is 0 Å². The van der Waals surface area contributed by atoms with Gasteiger partial charge in [-0.05, 0) is 49.7 Å². The maximum absolute atomic E-state index is 12.2. The number of amides is 1. The van der Waals surface area contributed by atoms with E-state index in [1.54, 1.807) is 40.9 Å². The molecule has 1 aliphatic rings. The third-order valence-electron chi connectivity index (χ3n) is 4.53. The maximum Gasteiger partial charge on any atom is 0.307 e. The average molecular weight is 397 g/mol. The third kappa shape index (κ3) is 5.45. The van der Waals surface area contributed by atoms with Crippen molar-refractivity contribution in [2.45, 2.75) is 31.1 Å². The molecule has 3 rings (SSSR count). The molecule has 28 heavy (non-hydrogen) atoms. The molecular weight excluding hydrogens is 374 g/mol. The smallest absolute Gasteiger partial charge is 0.307 e. The Morgan fingerprint density at radius 2 is 1.79 bits per heavy atom. The van der Waals surface area contributed by atoms with E-state index >= 15 is 0 Å². The Hall–Kier alpha value is -2.60. The number of esters is 1. The molecule has 2 aromatic carbocycles. The first-order valence-electron chi connectivity index (χ1n) is 9.31. The number of nitrogens with zero attached hydrogens (tertiary/aromatic N) is 1. The van der Waals surface area contributed by atoms with Crippen LogP contribution in [0.5, 0.6) is 0 Å². The standard InChI is InChI=1S/C22H23NO4S/c1-16-4-10-19(11-5-16)28-14-12-22(26)27-15-20(24)17-6-8-18(9-7-17)23-13-2-3-21(23)25/h4-11H,2-3,12-15H2,1H3. The lowest BCUT2D eigenvalue weighted by Gasteiger charge is -2.15. The van der Waals surface area contributed by atoms with Gasteiger partial charge in [-0.15, -0.1) is 11.8 Å². The van der Waals surface area contributed by atoms with Crippen molar-refractivity contribution >= 4 is 35.1 Å². The lowest BCUT2D eigenvalue weighted by molar-refractivity contribution is -0.142. The molecule has 0 unspecified atom stereocenters. The van der Waals surface area contributed by atoms with Gasteiger partial charge in [-0.3, -0.25) is 14.4 Å². The van der Waals surface area contributed by atoms with Gasteiger partial charge in [0, 0.05) is 34.9 Å². The largest absolute Gasteiger partial charge is 0.457 e. The summed E-state index contributed by atoms with van der Waals surface area (Å²) >= 11 is 1.58. The molecule has 1 fully saturated rings. The van der Waals surface area contributed by atoms with Crippen LogP contribution in [0.25, 0.3) is 0 Å². The quantitative estimate of drug-likeness (QED) is 0.382. The summed E-state index contributed by atoms with van der Waals surface area (Å²) in [4.78, 5) is 38.7. The fourth-order valence-corrected chi connectivity index (χ4v) is 3.77. The number of carbonyl (C=O) groups excluding carboxylic acids is 3. The van der Waals surface area contributed by atoms with Crippen LogP contribution < -0.4 is 4.90 Å². The van der Waals surface area contributed by atoms with Gasteiger partial charge >= 0.3 is 5.97 Å². The zero-order valence-corrected chi connectivity index (χ0v) is 16.7. The summed E-state index contributed by atoms with van der Waals surface area (Å²) < 4.78 is 5.10. The van der Waals surface area contributed by atoms with Crippen LogP contribution in [0.4, 0.5) is 5.69 Å². The second kappa shape index (κ2) is 9.55. The van der Waals surface area contributed by atoms with Crippen LogP contribution in [0.15, 0.2) is 53.4 Å². The maximum atomic E-state index is 12.2. The first kappa shape index (κ1) is 20.1. The van der Waals surface area contributed by atoms with Crippen molar-refractivity contribution in [1.29, 1.82) is 0 Å². The van der Waals surface area contributed by atoms with Gasteiger partial charge in [0.2, 0.25) is 5.91 Å². The molecule has 1 saturated heterocycles. The van der Waals surface area contributed by atoms with Gasteiger partial charge in [0.15, 0.2) is 12.4 Å². The van der Waals surface area contributed by atoms with E-state index in [1.807, 2.05) is 31.2 Å². The van der Waals surface area contributed by atoms with Crippen molar-refractivity contribution in [2.75, 3.05) is 23.8 Å². The molecule has 0 bridgehead atoms. The molecule has 0 saturated carbocycles. The van der Waals surface area contributed by atoms with E-state index in [9.17, 15) is 14.4 Å². The number of hydrogen-bond acceptors (Lipinski definition) is 5. The highest BCUT2D eigenvalue weighted by Gasteiger charge is 2.21. The first-order chi connectivity index (χ1) is 13.5. The fourth-order valence-electron chi connectivity index (χ4n) is 2.94. The number of Topliss-reactive ketones (excluding diaryl/α,β-unsaturated/α-hetero) is 1. The summed E-state index contributed by atoms with van der Waals surface area (Å²) in [5, 5.41) is 0. The Bertz CT molecular complexity index is 846. The summed E-state index contributed by atoms with van der Waals surface area (Å²) in [7, 11) is 0. The lowest BCUT2D eigenvalue weighted by atomic mass is 10.1. The molecule has 0 aromatic heterocycles. The van der Waals surface area contributed by atoms with Crippen molar-refractivity contribution in [3.05, 3.63) is 59.7 Å². The van der Waals surface area contributed by atoms with Crippen molar-refractivity contribution < 1.29 is 19.1 Å². The summed E-state index contributed by atoms with van der Waals surface area (Å²) in [6.07, 6.45) is 1.68. The lowest BCUT2D eigenvalue weighted by Crippen LogP contribution is -2.23. The molecule has 1 aliphatic heterocycles. The minimum absolute atomic E-state index is 0.108. The number of anilines is 1. The summed E-state index contributed by atoms with van der Waals surface area (Å²) in [6.45, 7) is 2.47. The molecule has 146 valence electrons. The Labute approximate surface area is 169 Å². The Balaban J connectivity index is 1.41. The first-order valence-corrected chi connectivity index (χ1v) is 10.3. The van der Waals surface area contributed by atoms with Gasteiger partial charge in [-0.2, -0.15) is 0 Å². The van der Waals surface area contributed by atoms with E-state index in [4.69, 9.17) is 4.74 Å². The molecule has 0 N–H and O–H groups in total. The summed E-state index contributed by atoms with van der Waals surface area (Å²) in [6, 6.07) is 15.0.